The Bertz CT molecular complexity index is 1060. The first kappa shape index (κ1) is 25.2. The summed E-state index contributed by atoms with van der Waals surface area (Å²) in [5.74, 6) is 3.33. The van der Waals surface area contributed by atoms with Gasteiger partial charge in [-0.3, -0.25) is 0 Å². The molecular formula is C34H40O2Zr. The van der Waals surface area contributed by atoms with Crippen LogP contribution in [-0.4, -0.2) is 0 Å². The first-order chi connectivity index (χ1) is 18.3. The SMILES string of the molecule is C1=C[CH]([Zr]([O]c2ccccc2C2CCCCC2)([O]c2ccccc2C2CCCCC2)[CH]2C=CC=C2)C=C1. The first-order valence-corrected chi connectivity index (χ1v) is 19.4. The zero-order valence-corrected chi connectivity index (χ0v) is 24.4. The molecule has 0 amide bonds. The van der Waals surface area contributed by atoms with Gasteiger partial charge in [0.1, 0.15) is 0 Å². The van der Waals surface area contributed by atoms with Gasteiger partial charge in [0.05, 0.1) is 0 Å². The molecule has 0 bridgehead atoms. The van der Waals surface area contributed by atoms with E-state index in [0.29, 0.717) is 11.8 Å². The summed E-state index contributed by atoms with van der Waals surface area (Å²) in [6.07, 6.45) is 31.1. The Morgan fingerprint density at radius 3 is 1.27 bits per heavy atom. The molecule has 4 aliphatic carbocycles. The van der Waals surface area contributed by atoms with Crippen LogP contribution < -0.4 is 5.63 Å². The van der Waals surface area contributed by atoms with E-state index in [1.54, 1.807) is 0 Å². The summed E-state index contributed by atoms with van der Waals surface area (Å²) in [7, 11) is 0. The van der Waals surface area contributed by atoms with Gasteiger partial charge in [0.15, 0.2) is 0 Å². The third kappa shape index (κ3) is 5.40. The van der Waals surface area contributed by atoms with E-state index in [4.69, 9.17) is 5.63 Å². The Kier molecular flexibility index (Phi) is 7.98. The van der Waals surface area contributed by atoms with Crippen LogP contribution in [0.3, 0.4) is 0 Å². The summed E-state index contributed by atoms with van der Waals surface area (Å²) in [5.41, 5.74) is 2.79. The minimum absolute atomic E-state index is 0.213. The van der Waals surface area contributed by atoms with Crippen molar-refractivity contribution >= 4 is 0 Å². The average Bonchev–Trinajstić information content (AvgIpc) is 3.70. The van der Waals surface area contributed by atoms with Crippen LogP contribution in [0.5, 0.6) is 11.5 Å². The molecule has 0 unspecified atom stereocenters. The van der Waals surface area contributed by atoms with Gasteiger partial charge < -0.3 is 0 Å². The van der Waals surface area contributed by atoms with Crippen LogP contribution in [0.4, 0.5) is 0 Å². The molecule has 0 spiro atoms. The summed E-state index contributed by atoms with van der Waals surface area (Å²) in [6.45, 7) is 0. The molecule has 2 saturated carbocycles. The molecule has 3 heteroatoms. The van der Waals surface area contributed by atoms with Crippen LogP contribution in [0.25, 0.3) is 0 Å². The Hall–Kier alpha value is -2.12. The van der Waals surface area contributed by atoms with Crippen molar-refractivity contribution in [2.24, 2.45) is 0 Å². The van der Waals surface area contributed by atoms with Gasteiger partial charge in [0.2, 0.25) is 0 Å². The zero-order valence-electron chi connectivity index (χ0n) is 21.9. The van der Waals surface area contributed by atoms with Crippen molar-refractivity contribution in [3.8, 4) is 11.5 Å². The van der Waals surface area contributed by atoms with E-state index in [0.717, 1.165) is 11.5 Å². The Morgan fingerprint density at radius 1 is 0.486 bits per heavy atom. The second-order valence-corrected chi connectivity index (χ2v) is 19.1. The van der Waals surface area contributed by atoms with Crippen molar-refractivity contribution < 1.29 is 26.8 Å². The predicted octanol–water partition coefficient (Wildman–Crippen LogP) is 10.1. The summed E-state index contributed by atoms with van der Waals surface area (Å²) in [6, 6.07) is 17.8. The van der Waals surface area contributed by atoms with Crippen LogP contribution in [0.2, 0.25) is 7.25 Å². The maximum absolute atomic E-state index is 7.48. The zero-order chi connectivity index (χ0) is 24.9. The second kappa shape index (κ2) is 11.7. The van der Waals surface area contributed by atoms with Crippen LogP contribution in [0, 0.1) is 0 Å². The van der Waals surface area contributed by atoms with E-state index in [1.165, 1.54) is 75.3 Å². The molecule has 37 heavy (non-hydrogen) atoms. The van der Waals surface area contributed by atoms with Crippen LogP contribution in [0.15, 0.2) is 97.1 Å². The molecule has 0 heterocycles. The first-order valence-electron chi connectivity index (χ1n) is 14.6. The van der Waals surface area contributed by atoms with Crippen LogP contribution >= 0.6 is 0 Å². The third-order valence-corrected chi connectivity index (χ3v) is 18.0. The van der Waals surface area contributed by atoms with Gasteiger partial charge in [-0.2, -0.15) is 0 Å². The van der Waals surface area contributed by atoms with Crippen molar-refractivity contribution in [3.63, 3.8) is 0 Å². The number of hydrogen-bond donors (Lipinski definition) is 0. The van der Waals surface area contributed by atoms with Gasteiger partial charge in [0.25, 0.3) is 0 Å². The second-order valence-electron chi connectivity index (χ2n) is 11.3. The third-order valence-electron chi connectivity index (χ3n) is 8.89. The van der Waals surface area contributed by atoms with E-state index in [1.807, 2.05) is 0 Å². The van der Waals surface area contributed by atoms with E-state index < -0.39 is 21.1 Å². The summed E-state index contributed by atoms with van der Waals surface area (Å²) in [5, 5.41) is 0. The van der Waals surface area contributed by atoms with Gasteiger partial charge in [-0.15, -0.1) is 0 Å². The molecule has 192 valence electrons. The number of benzene rings is 2. The fourth-order valence-electron chi connectivity index (χ4n) is 6.91. The van der Waals surface area contributed by atoms with E-state index in [9.17, 15) is 0 Å². The van der Waals surface area contributed by atoms with Gasteiger partial charge in [-0.05, 0) is 0 Å². The Balaban J connectivity index is 1.43. The molecule has 0 atom stereocenters. The quantitative estimate of drug-likeness (QED) is 0.314. The molecule has 0 radical (unpaired) electrons. The number of rotatable bonds is 8. The number of allylic oxidation sites excluding steroid dienone is 8. The molecule has 0 N–H and O–H groups in total. The van der Waals surface area contributed by atoms with Crippen molar-refractivity contribution in [1.82, 2.24) is 0 Å². The van der Waals surface area contributed by atoms with Crippen molar-refractivity contribution in [2.75, 3.05) is 0 Å². The van der Waals surface area contributed by atoms with Gasteiger partial charge in [-0.25, -0.2) is 0 Å². The molecule has 6 rings (SSSR count). The summed E-state index contributed by atoms with van der Waals surface area (Å²) < 4.78 is 15.4. The van der Waals surface area contributed by atoms with E-state index >= 15 is 0 Å². The van der Waals surface area contributed by atoms with Crippen LogP contribution in [-0.2, 0) is 21.1 Å². The molecule has 4 aliphatic rings. The molecule has 0 aromatic heterocycles. The fraction of sp³-hybridized carbons (Fsp3) is 0.412. The average molecular weight is 572 g/mol. The molecule has 2 fully saturated rings. The minimum atomic E-state index is -4.00. The normalized spacial score (nSPS) is 21.2. The monoisotopic (exact) mass is 570 g/mol. The van der Waals surface area contributed by atoms with Crippen molar-refractivity contribution in [2.45, 2.75) is 83.3 Å². The topological polar surface area (TPSA) is 18.5 Å². The van der Waals surface area contributed by atoms with Gasteiger partial charge >= 0.3 is 230 Å². The van der Waals surface area contributed by atoms with E-state index in [2.05, 4.69) is 97.1 Å². The maximum atomic E-state index is 7.48. The fourth-order valence-corrected chi connectivity index (χ4v) is 15.8. The molecule has 2 aromatic rings. The Morgan fingerprint density at radius 2 is 0.865 bits per heavy atom. The van der Waals surface area contributed by atoms with Crippen LogP contribution in [0.1, 0.15) is 87.2 Å². The van der Waals surface area contributed by atoms with Gasteiger partial charge in [0, 0.05) is 0 Å². The molecule has 0 aliphatic heterocycles. The number of para-hydroxylation sites is 2. The molecular weight excluding hydrogens is 532 g/mol. The Labute approximate surface area is 228 Å². The molecule has 2 nitrogen and oxygen atoms in total. The van der Waals surface area contributed by atoms with E-state index in [-0.39, 0.29) is 7.25 Å². The summed E-state index contributed by atoms with van der Waals surface area (Å²) in [4.78, 5) is 0. The summed E-state index contributed by atoms with van der Waals surface area (Å²) >= 11 is -4.00. The molecule has 2 aromatic carbocycles. The predicted molar refractivity (Wildman–Crippen MR) is 150 cm³/mol. The standard InChI is InChI=1S/2C12H16O.2C5H5.Zr/c2*13-12-9-5-4-8-11(12)10-6-2-1-3-7-10;2*1-2-4-5-3-1;/h2*4-5,8-10,13H,1-3,6-7H2;2*1-5H;/q;;;;+2/p-2. The van der Waals surface area contributed by atoms with Gasteiger partial charge in [-0.1, -0.05) is 0 Å². The van der Waals surface area contributed by atoms with Crippen molar-refractivity contribution in [1.29, 1.82) is 0 Å². The molecule has 0 saturated heterocycles. The number of hydrogen-bond acceptors (Lipinski definition) is 2. The van der Waals surface area contributed by atoms with Crippen molar-refractivity contribution in [3.05, 3.63) is 108 Å².